The van der Waals surface area contributed by atoms with E-state index in [2.05, 4.69) is 50.8 Å². The minimum atomic E-state index is 0. The van der Waals surface area contributed by atoms with E-state index in [0.29, 0.717) is 0 Å². The Balaban J connectivity index is 0.00000196. The Labute approximate surface area is 95.0 Å². The van der Waals surface area contributed by atoms with Crippen molar-refractivity contribution in [3.05, 3.63) is 48.6 Å². The van der Waals surface area contributed by atoms with E-state index in [1.807, 2.05) is 6.08 Å². The van der Waals surface area contributed by atoms with Crippen molar-refractivity contribution in [2.45, 2.75) is 34.1 Å². The lowest BCUT2D eigenvalue weighted by molar-refractivity contribution is 0.386. The smallest absolute Gasteiger partial charge is 0.0245 e. The second-order valence-electron chi connectivity index (χ2n) is 4.22. The molecule has 1 rings (SSSR count). The van der Waals surface area contributed by atoms with Crippen molar-refractivity contribution in [1.29, 1.82) is 0 Å². The van der Waals surface area contributed by atoms with Crippen LogP contribution in [-0.2, 0) is 6.42 Å². The highest BCUT2D eigenvalue weighted by molar-refractivity contribution is 5.15. The Morgan fingerprint density at radius 3 is 2.27 bits per heavy atom. The van der Waals surface area contributed by atoms with E-state index >= 15 is 0 Å². The van der Waals surface area contributed by atoms with Gasteiger partial charge in [0, 0.05) is 0 Å². The van der Waals surface area contributed by atoms with Gasteiger partial charge < -0.3 is 0 Å². The summed E-state index contributed by atoms with van der Waals surface area (Å²) in [6.45, 7) is 8.40. The van der Waals surface area contributed by atoms with E-state index in [9.17, 15) is 0 Å². The fourth-order valence-corrected chi connectivity index (χ4v) is 1.72. The normalized spacial score (nSPS) is 11.9. The molecule has 1 atom stereocenters. The second kappa shape index (κ2) is 7.28. The molecule has 0 saturated carbocycles. The van der Waals surface area contributed by atoms with Crippen molar-refractivity contribution >= 4 is 0 Å². The molecule has 0 aromatic heterocycles. The second-order valence-corrected chi connectivity index (χ2v) is 4.22. The van der Waals surface area contributed by atoms with Crippen LogP contribution in [-0.4, -0.2) is 0 Å². The number of hydrogen-bond acceptors (Lipinski definition) is 0. The van der Waals surface area contributed by atoms with E-state index in [0.717, 1.165) is 18.3 Å². The van der Waals surface area contributed by atoms with Gasteiger partial charge in [-0.05, 0) is 30.2 Å². The molecule has 0 radical (unpaired) electrons. The molecule has 0 aliphatic rings. The van der Waals surface area contributed by atoms with Crippen LogP contribution >= 0.6 is 0 Å². The molecule has 0 bridgehead atoms. The van der Waals surface area contributed by atoms with Crippen LogP contribution in [0.15, 0.2) is 43.0 Å². The number of rotatable bonds is 5. The molecule has 1 aromatic carbocycles. The topological polar surface area (TPSA) is 0 Å². The molecule has 0 aliphatic heterocycles. The molecule has 0 spiro atoms. The van der Waals surface area contributed by atoms with Crippen LogP contribution in [0.1, 0.15) is 33.3 Å². The van der Waals surface area contributed by atoms with Gasteiger partial charge in [-0.2, -0.15) is 0 Å². The van der Waals surface area contributed by atoms with Crippen molar-refractivity contribution in [2.24, 2.45) is 11.8 Å². The molecule has 0 amide bonds. The maximum absolute atomic E-state index is 3.82. The van der Waals surface area contributed by atoms with Crippen LogP contribution in [0.3, 0.4) is 0 Å². The summed E-state index contributed by atoms with van der Waals surface area (Å²) in [4.78, 5) is 0. The molecule has 15 heavy (non-hydrogen) atoms. The Morgan fingerprint density at radius 2 is 1.80 bits per heavy atom. The largest absolute Gasteiger partial charge is 0.103 e. The highest BCUT2D eigenvalue weighted by atomic mass is 14.2. The van der Waals surface area contributed by atoms with Crippen molar-refractivity contribution in [2.75, 3.05) is 0 Å². The van der Waals surface area contributed by atoms with E-state index in [4.69, 9.17) is 0 Å². The van der Waals surface area contributed by atoms with Crippen LogP contribution in [0.5, 0.6) is 0 Å². The predicted octanol–water partition coefficient (Wildman–Crippen LogP) is 4.71. The molecule has 0 saturated heterocycles. The minimum Gasteiger partial charge on any atom is -0.103 e. The lowest BCUT2D eigenvalue weighted by atomic mass is 9.87. The van der Waals surface area contributed by atoms with Crippen molar-refractivity contribution in [1.82, 2.24) is 0 Å². The molecule has 0 N–H and O–H groups in total. The average molecular weight is 204 g/mol. The quantitative estimate of drug-likeness (QED) is 0.609. The summed E-state index contributed by atoms with van der Waals surface area (Å²) >= 11 is 0. The Kier molecular flexibility index (Phi) is 6.77. The fourth-order valence-electron chi connectivity index (χ4n) is 1.72. The van der Waals surface area contributed by atoms with Gasteiger partial charge in [0.05, 0.1) is 0 Å². The van der Waals surface area contributed by atoms with Gasteiger partial charge in [0.2, 0.25) is 0 Å². The van der Waals surface area contributed by atoms with Gasteiger partial charge in [-0.3, -0.25) is 0 Å². The summed E-state index contributed by atoms with van der Waals surface area (Å²) in [5.74, 6) is 1.46. The van der Waals surface area contributed by atoms with Gasteiger partial charge >= 0.3 is 0 Å². The van der Waals surface area contributed by atoms with E-state index in [1.165, 1.54) is 12.0 Å². The first kappa shape index (κ1) is 14.0. The molecule has 0 nitrogen and oxygen atoms in total. The average Bonchev–Trinajstić information content (AvgIpc) is 2.18. The SMILES string of the molecule is C.C=CC[C@@H](Cc1ccccc1)C(C)C. The van der Waals surface area contributed by atoms with Gasteiger partial charge in [0.15, 0.2) is 0 Å². The van der Waals surface area contributed by atoms with E-state index in [1.54, 1.807) is 0 Å². The Morgan fingerprint density at radius 1 is 1.20 bits per heavy atom. The van der Waals surface area contributed by atoms with Crippen molar-refractivity contribution in [3.8, 4) is 0 Å². The summed E-state index contributed by atoms with van der Waals surface area (Å²) in [7, 11) is 0. The van der Waals surface area contributed by atoms with Crippen LogP contribution in [0.4, 0.5) is 0 Å². The predicted molar refractivity (Wildman–Crippen MR) is 70.0 cm³/mol. The summed E-state index contributed by atoms with van der Waals surface area (Å²) in [5, 5.41) is 0. The summed E-state index contributed by atoms with van der Waals surface area (Å²) in [6, 6.07) is 10.7. The third kappa shape index (κ3) is 4.83. The maximum atomic E-state index is 3.82. The maximum Gasteiger partial charge on any atom is -0.0245 e. The molecule has 1 aromatic rings. The van der Waals surface area contributed by atoms with E-state index in [-0.39, 0.29) is 7.43 Å². The monoisotopic (exact) mass is 204 g/mol. The van der Waals surface area contributed by atoms with Crippen LogP contribution in [0, 0.1) is 11.8 Å². The number of hydrogen-bond donors (Lipinski definition) is 0. The van der Waals surface area contributed by atoms with Crippen molar-refractivity contribution < 1.29 is 0 Å². The number of allylic oxidation sites excluding steroid dienone is 1. The van der Waals surface area contributed by atoms with Crippen LogP contribution < -0.4 is 0 Å². The number of benzene rings is 1. The van der Waals surface area contributed by atoms with Gasteiger partial charge in [-0.25, -0.2) is 0 Å². The zero-order valence-corrected chi connectivity index (χ0v) is 9.24. The standard InChI is InChI=1S/C14H20.CH4/c1-4-8-14(12(2)3)11-13-9-6-5-7-10-13;/h4-7,9-10,12,14H,1,8,11H2,2-3H3;1H4/t14-;/m0./s1. The molecule has 0 unspecified atom stereocenters. The fraction of sp³-hybridized carbons (Fsp3) is 0.467. The van der Waals surface area contributed by atoms with Crippen LogP contribution in [0.25, 0.3) is 0 Å². The van der Waals surface area contributed by atoms with Gasteiger partial charge in [0.25, 0.3) is 0 Å². The zero-order chi connectivity index (χ0) is 10.4. The van der Waals surface area contributed by atoms with Gasteiger partial charge in [-0.1, -0.05) is 57.7 Å². The molecular weight excluding hydrogens is 180 g/mol. The highest BCUT2D eigenvalue weighted by Gasteiger charge is 2.11. The molecule has 0 aliphatic carbocycles. The third-order valence-electron chi connectivity index (χ3n) is 2.75. The zero-order valence-electron chi connectivity index (χ0n) is 9.24. The first-order valence-electron chi connectivity index (χ1n) is 5.39. The molecular formula is C15H24. The van der Waals surface area contributed by atoms with E-state index < -0.39 is 0 Å². The highest BCUT2D eigenvalue weighted by Crippen LogP contribution is 2.20. The lowest BCUT2D eigenvalue weighted by Crippen LogP contribution is -2.10. The summed E-state index contributed by atoms with van der Waals surface area (Å²) in [6.07, 6.45) is 4.32. The van der Waals surface area contributed by atoms with Crippen molar-refractivity contribution in [3.63, 3.8) is 0 Å². The molecule has 0 heterocycles. The first-order chi connectivity index (χ1) is 6.74. The molecule has 84 valence electrons. The molecule has 0 heteroatoms. The molecule has 0 fully saturated rings. The third-order valence-corrected chi connectivity index (χ3v) is 2.75. The van der Waals surface area contributed by atoms with Gasteiger partial charge in [-0.15, -0.1) is 6.58 Å². The Bertz CT molecular complexity index is 259. The Hall–Kier alpha value is -1.04. The summed E-state index contributed by atoms with van der Waals surface area (Å²) < 4.78 is 0. The van der Waals surface area contributed by atoms with Gasteiger partial charge in [0.1, 0.15) is 0 Å². The van der Waals surface area contributed by atoms with Crippen LogP contribution in [0.2, 0.25) is 0 Å². The first-order valence-corrected chi connectivity index (χ1v) is 5.39. The summed E-state index contributed by atoms with van der Waals surface area (Å²) in [5.41, 5.74) is 1.44. The lowest BCUT2D eigenvalue weighted by Gasteiger charge is -2.19. The minimum absolute atomic E-state index is 0.